The van der Waals surface area contributed by atoms with Gasteiger partial charge < -0.3 is 0 Å². The molecule has 27 heavy (non-hydrogen) atoms. The summed E-state index contributed by atoms with van der Waals surface area (Å²) < 4.78 is 1.72. The zero-order valence-corrected chi connectivity index (χ0v) is 15.8. The highest BCUT2D eigenvalue weighted by Gasteiger charge is 2.18. The van der Waals surface area contributed by atoms with E-state index < -0.39 is 5.91 Å². The summed E-state index contributed by atoms with van der Waals surface area (Å²) in [4.78, 5) is 29.3. The van der Waals surface area contributed by atoms with Gasteiger partial charge in [-0.05, 0) is 32.9 Å². The molecule has 0 saturated carbocycles. The number of thiazole rings is 1. The number of carbonyl (C=O) groups is 1. The third-order valence-corrected chi connectivity index (χ3v) is 5.22. The average molecular weight is 379 g/mol. The summed E-state index contributed by atoms with van der Waals surface area (Å²) in [6.07, 6.45) is 0. The first-order chi connectivity index (χ1) is 13.0. The van der Waals surface area contributed by atoms with Crippen molar-refractivity contribution < 1.29 is 4.79 Å². The molecule has 0 aliphatic heterocycles. The van der Waals surface area contributed by atoms with Crippen LogP contribution in [-0.2, 0) is 0 Å². The summed E-state index contributed by atoms with van der Waals surface area (Å²) in [6.45, 7) is 5.80. The van der Waals surface area contributed by atoms with Crippen molar-refractivity contribution in [3.05, 3.63) is 68.2 Å². The van der Waals surface area contributed by atoms with Crippen LogP contribution in [0.25, 0.3) is 22.0 Å². The summed E-state index contributed by atoms with van der Waals surface area (Å²) in [6, 6.07) is 8.89. The Morgan fingerprint density at radius 3 is 2.63 bits per heavy atom. The molecule has 4 aromatic rings. The van der Waals surface area contributed by atoms with E-state index in [1.54, 1.807) is 40.3 Å². The lowest BCUT2D eigenvalue weighted by Gasteiger charge is -2.12. The second kappa shape index (κ2) is 6.48. The first-order valence-electron chi connectivity index (χ1n) is 8.36. The molecule has 136 valence electrons. The number of carbonyl (C=O) groups excluding carboxylic acids is 1. The maximum Gasteiger partial charge on any atom is 0.291 e. The molecule has 1 amide bonds. The fraction of sp³-hybridized carbons (Fsp3) is 0.158. The molecule has 0 radical (unpaired) electrons. The number of hydrogen-bond acceptors (Lipinski definition) is 5. The van der Waals surface area contributed by atoms with Gasteiger partial charge in [0.1, 0.15) is 0 Å². The van der Waals surface area contributed by atoms with Crippen LogP contribution in [0.5, 0.6) is 0 Å². The number of fused-ring (bicyclic) bond motifs is 1. The number of aryl methyl sites for hydroxylation is 2. The molecule has 0 bridgehead atoms. The average Bonchev–Trinajstić information content (AvgIpc) is 3.20. The molecular formula is C19H17N5O2S. The Bertz CT molecular complexity index is 1230. The smallest absolute Gasteiger partial charge is 0.267 e. The fourth-order valence-corrected chi connectivity index (χ4v) is 3.74. The molecule has 0 atom stereocenters. The first kappa shape index (κ1) is 17.2. The maximum absolute atomic E-state index is 12.9. The van der Waals surface area contributed by atoms with Gasteiger partial charge in [-0.25, -0.2) is 10.1 Å². The highest BCUT2D eigenvalue weighted by Crippen LogP contribution is 2.27. The van der Waals surface area contributed by atoms with Crippen LogP contribution in [0, 0.1) is 20.8 Å². The standard InChI is InChI=1S/C19H17N5O2S/c1-10-8-15(16-9-27-12(3)20-16)11(2)24(10)23-19(26)17-13-6-4-5-7-14(13)18(25)22-21-17/h4-9H,1-3H3,(H,22,25)(H,23,26). The highest BCUT2D eigenvalue weighted by atomic mass is 32.1. The molecule has 1 aromatic carbocycles. The molecule has 0 fully saturated rings. The molecule has 0 aliphatic rings. The Balaban J connectivity index is 1.73. The van der Waals surface area contributed by atoms with Crippen molar-refractivity contribution in [1.82, 2.24) is 19.9 Å². The molecule has 8 heteroatoms. The van der Waals surface area contributed by atoms with Gasteiger partial charge in [0, 0.05) is 27.7 Å². The molecular weight excluding hydrogens is 362 g/mol. The normalized spacial score (nSPS) is 11.1. The number of aromatic amines is 1. The fourth-order valence-electron chi connectivity index (χ4n) is 3.12. The molecule has 0 unspecified atom stereocenters. The second-order valence-corrected chi connectivity index (χ2v) is 7.32. The van der Waals surface area contributed by atoms with Crippen molar-refractivity contribution in [1.29, 1.82) is 0 Å². The Morgan fingerprint density at radius 1 is 1.19 bits per heavy atom. The molecule has 0 saturated heterocycles. The van der Waals surface area contributed by atoms with Crippen LogP contribution in [0.4, 0.5) is 0 Å². The minimum atomic E-state index is -0.398. The van der Waals surface area contributed by atoms with Crippen molar-refractivity contribution in [3.8, 4) is 11.3 Å². The van der Waals surface area contributed by atoms with Crippen molar-refractivity contribution in [2.75, 3.05) is 5.43 Å². The van der Waals surface area contributed by atoms with Crippen LogP contribution in [-0.4, -0.2) is 25.8 Å². The minimum Gasteiger partial charge on any atom is -0.267 e. The molecule has 2 N–H and O–H groups in total. The largest absolute Gasteiger partial charge is 0.291 e. The summed E-state index contributed by atoms with van der Waals surface area (Å²) in [5.74, 6) is -0.398. The Kier molecular flexibility index (Phi) is 4.12. The van der Waals surface area contributed by atoms with Crippen molar-refractivity contribution >= 4 is 28.0 Å². The summed E-state index contributed by atoms with van der Waals surface area (Å²) >= 11 is 1.59. The number of amides is 1. The van der Waals surface area contributed by atoms with E-state index in [0.717, 1.165) is 27.7 Å². The molecule has 4 rings (SSSR count). The number of H-pyrrole nitrogens is 1. The molecule has 7 nitrogen and oxygen atoms in total. The minimum absolute atomic E-state index is 0.170. The zero-order chi connectivity index (χ0) is 19.1. The lowest BCUT2D eigenvalue weighted by atomic mass is 10.1. The zero-order valence-electron chi connectivity index (χ0n) is 15.0. The van der Waals surface area contributed by atoms with E-state index >= 15 is 0 Å². The van der Waals surface area contributed by atoms with Gasteiger partial charge >= 0.3 is 0 Å². The molecule has 0 aliphatic carbocycles. The van der Waals surface area contributed by atoms with E-state index in [2.05, 4.69) is 20.6 Å². The van der Waals surface area contributed by atoms with Gasteiger partial charge in [-0.2, -0.15) is 5.10 Å². The topological polar surface area (TPSA) is 92.7 Å². The number of hydrogen-bond donors (Lipinski definition) is 2. The van der Waals surface area contributed by atoms with E-state index in [9.17, 15) is 9.59 Å². The summed E-state index contributed by atoms with van der Waals surface area (Å²) in [7, 11) is 0. The van der Waals surface area contributed by atoms with Crippen LogP contribution < -0.4 is 11.0 Å². The maximum atomic E-state index is 12.9. The number of nitrogens with one attached hydrogen (secondary N) is 2. The summed E-state index contributed by atoms with van der Waals surface area (Å²) in [5.41, 5.74) is 6.32. The SMILES string of the molecule is Cc1nc(-c2cc(C)n(NC(=O)c3n[nH]c(=O)c4ccccc34)c2C)cs1. The van der Waals surface area contributed by atoms with Gasteiger partial charge in [-0.3, -0.25) is 19.7 Å². The van der Waals surface area contributed by atoms with Gasteiger partial charge in [0.15, 0.2) is 5.69 Å². The van der Waals surface area contributed by atoms with Crippen molar-refractivity contribution in [2.45, 2.75) is 20.8 Å². The second-order valence-electron chi connectivity index (χ2n) is 6.26. The van der Waals surface area contributed by atoms with E-state index in [4.69, 9.17) is 0 Å². The van der Waals surface area contributed by atoms with Crippen molar-refractivity contribution in [3.63, 3.8) is 0 Å². The highest BCUT2D eigenvalue weighted by molar-refractivity contribution is 7.09. The molecule has 3 heterocycles. The van der Waals surface area contributed by atoms with E-state index in [0.29, 0.717) is 10.8 Å². The Hall–Kier alpha value is -3.26. The quantitative estimate of drug-likeness (QED) is 0.572. The third-order valence-electron chi connectivity index (χ3n) is 4.45. The lowest BCUT2D eigenvalue weighted by Crippen LogP contribution is -2.27. The van der Waals surface area contributed by atoms with Crippen LogP contribution >= 0.6 is 11.3 Å². The molecule has 0 spiro atoms. The Morgan fingerprint density at radius 2 is 1.93 bits per heavy atom. The monoisotopic (exact) mass is 379 g/mol. The molecule has 3 aromatic heterocycles. The number of nitrogens with zero attached hydrogens (tertiary/aromatic N) is 3. The number of aromatic nitrogens is 4. The van der Waals surface area contributed by atoms with Crippen molar-refractivity contribution in [2.24, 2.45) is 0 Å². The van der Waals surface area contributed by atoms with Gasteiger partial charge in [-0.1, -0.05) is 18.2 Å². The first-order valence-corrected chi connectivity index (χ1v) is 9.24. The Labute approximate surface area is 158 Å². The van der Waals surface area contributed by atoms with Gasteiger partial charge in [0.2, 0.25) is 0 Å². The third kappa shape index (κ3) is 2.93. The number of rotatable bonds is 3. The van der Waals surface area contributed by atoms with Crippen LogP contribution in [0.15, 0.2) is 40.5 Å². The van der Waals surface area contributed by atoms with Gasteiger partial charge in [0.25, 0.3) is 11.5 Å². The van der Waals surface area contributed by atoms with Crippen LogP contribution in [0.3, 0.4) is 0 Å². The lowest BCUT2D eigenvalue weighted by molar-refractivity contribution is 0.100. The van der Waals surface area contributed by atoms with E-state index in [1.807, 2.05) is 32.2 Å². The van der Waals surface area contributed by atoms with Crippen LogP contribution in [0.2, 0.25) is 0 Å². The van der Waals surface area contributed by atoms with E-state index in [1.165, 1.54) is 0 Å². The summed E-state index contributed by atoms with van der Waals surface area (Å²) in [5, 5.41) is 10.3. The van der Waals surface area contributed by atoms with Gasteiger partial charge in [0.05, 0.1) is 16.1 Å². The van der Waals surface area contributed by atoms with Gasteiger partial charge in [-0.15, -0.1) is 11.3 Å². The van der Waals surface area contributed by atoms with Crippen LogP contribution in [0.1, 0.15) is 26.9 Å². The van der Waals surface area contributed by atoms with E-state index in [-0.39, 0.29) is 11.3 Å². The predicted molar refractivity (Wildman–Crippen MR) is 106 cm³/mol. The number of benzene rings is 1. The predicted octanol–water partition coefficient (Wildman–Crippen LogP) is 3.16.